The van der Waals surface area contributed by atoms with E-state index in [1.807, 2.05) is 6.92 Å². The van der Waals surface area contributed by atoms with Gasteiger partial charge in [-0.05, 0) is 6.42 Å². The zero-order valence-electron chi connectivity index (χ0n) is 7.60. The molecule has 4 nitrogen and oxygen atoms in total. The second kappa shape index (κ2) is 3.73. The van der Waals surface area contributed by atoms with Crippen molar-refractivity contribution in [1.29, 1.82) is 0 Å². The second-order valence-corrected chi connectivity index (χ2v) is 8.31. The molecule has 0 amide bonds. The van der Waals surface area contributed by atoms with Crippen LogP contribution in [0.4, 0.5) is 0 Å². The zero-order valence-corrected chi connectivity index (χ0v) is 9.23. The molecule has 0 aliphatic rings. The molecule has 1 heterocycles. The summed E-state index contributed by atoms with van der Waals surface area (Å²) in [5.74, 6) is 0. The first-order chi connectivity index (χ1) is 5.95. The van der Waals surface area contributed by atoms with Crippen molar-refractivity contribution in [3.8, 4) is 0 Å². The lowest BCUT2D eigenvalue weighted by atomic mass is 10.2. The molecule has 0 spiro atoms. The molecule has 0 bridgehead atoms. The SMILES string of the molecule is CC[C@H](N)c1c[s+](S(C)(=O)=O)cn1. The molecule has 1 aromatic rings. The summed E-state index contributed by atoms with van der Waals surface area (Å²) in [6.45, 7) is 1.94. The maximum atomic E-state index is 11.1. The Morgan fingerprint density at radius 2 is 2.31 bits per heavy atom. The van der Waals surface area contributed by atoms with E-state index in [2.05, 4.69) is 4.98 Å². The fourth-order valence-electron chi connectivity index (χ4n) is 0.851. The molecule has 0 saturated heterocycles. The lowest BCUT2D eigenvalue weighted by Gasteiger charge is -1.99. The van der Waals surface area contributed by atoms with Gasteiger partial charge in [0.05, 0.1) is 12.3 Å². The largest absolute Gasteiger partial charge is 0.336 e. The lowest BCUT2D eigenvalue weighted by Crippen LogP contribution is -2.08. The molecule has 2 atom stereocenters. The summed E-state index contributed by atoms with van der Waals surface area (Å²) in [5.41, 5.74) is 7.86. The van der Waals surface area contributed by atoms with Crippen molar-refractivity contribution in [3.05, 3.63) is 16.6 Å². The molecule has 6 heteroatoms. The van der Waals surface area contributed by atoms with E-state index < -0.39 is 18.4 Å². The molecule has 13 heavy (non-hydrogen) atoms. The Hall–Kier alpha value is -0.460. The third kappa shape index (κ3) is 2.49. The lowest BCUT2D eigenvalue weighted by molar-refractivity contribution is 0.615. The van der Waals surface area contributed by atoms with Crippen LogP contribution in [0.3, 0.4) is 0 Å². The summed E-state index contributed by atoms with van der Waals surface area (Å²) in [6.07, 6.45) is 1.98. The monoisotopic (exact) mass is 221 g/mol. The minimum atomic E-state index is -3.03. The van der Waals surface area contributed by atoms with E-state index >= 15 is 0 Å². The summed E-state index contributed by atoms with van der Waals surface area (Å²) in [6, 6.07) is -0.143. The van der Waals surface area contributed by atoms with Gasteiger partial charge >= 0.3 is 8.87 Å². The highest BCUT2D eigenvalue weighted by atomic mass is 33.2. The van der Waals surface area contributed by atoms with Gasteiger partial charge in [-0.15, -0.1) is 0 Å². The van der Waals surface area contributed by atoms with Crippen LogP contribution in [0.2, 0.25) is 0 Å². The molecule has 1 aromatic heterocycles. The van der Waals surface area contributed by atoms with Gasteiger partial charge in [0.1, 0.15) is 15.2 Å². The number of thiazole rings is 1. The Morgan fingerprint density at radius 1 is 1.69 bits per heavy atom. The summed E-state index contributed by atoms with van der Waals surface area (Å²) in [5, 5.41) is 1.64. The zero-order chi connectivity index (χ0) is 10.1. The summed E-state index contributed by atoms with van der Waals surface area (Å²) >= 11 is 0. The van der Waals surface area contributed by atoms with Crippen LogP contribution in [-0.4, -0.2) is 19.7 Å². The number of nitrogens with zero attached hydrogens (tertiary/aromatic N) is 1. The van der Waals surface area contributed by atoms with Crippen LogP contribution in [0.15, 0.2) is 10.9 Å². The van der Waals surface area contributed by atoms with Crippen molar-refractivity contribution >= 4 is 18.4 Å². The highest BCUT2D eigenvalue weighted by molar-refractivity contribution is 8.38. The molecule has 0 saturated carbocycles. The molecular weight excluding hydrogens is 208 g/mol. The summed E-state index contributed by atoms with van der Waals surface area (Å²) < 4.78 is 22.3. The van der Waals surface area contributed by atoms with E-state index in [1.165, 1.54) is 11.8 Å². The third-order valence-corrected chi connectivity index (χ3v) is 5.84. The third-order valence-electron chi connectivity index (χ3n) is 1.71. The average molecular weight is 221 g/mol. The number of nitrogens with two attached hydrogens (primary N) is 1. The normalized spacial score (nSPS) is 15.8. The predicted molar refractivity (Wildman–Crippen MR) is 54.2 cm³/mol. The molecule has 0 aliphatic heterocycles. The number of hydrogen-bond acceptors (Lipinski definition) is 4. The van der Waals surface area contributed by atoms with Crippen LogP contribution < -0.4 is 5.73 Å². The van der Waals surface area contributed by atoms with E-state index in [0.29, 0.717) is 5.69 Å². The first kappa shape index (κ1) is 10.6. The van der Waals surface area contributed by atoms with E-state index in [4.69, 9.17) is 5.73 Å². The smallest absolute Gasteiger partial charge is 0.323 e. The van der Waals surface area contributed by atoms with Crippen LogP contribution >= 0.6 is 9.50 Å². The molecule has 1 rings (SSSR count). The van der Waals surface area contributed by atoms with Gasteiger partial charge in [-0.25, -0.2) is 4.98 Å². The minimum absolute atomic E-state index is 0.143. The summed E-state index contributed by atoms with van der Waals surface area (Å²) in [7, 11) is -3.89. The number of rotatable bonds is 3. The minimum Gasteiger partial charge on any atom is -0.323 e. The Balaban J connectivity index is 3.00. The maximum Gasteiger partial charge on any atom is 0.336 e. The predicted octanol–water partition coefficient (Wildman–Crippen LogP) is 1.05. The Bertz CT molecular complexity index is 383. The highest BCUT2D eigenvalue weighted by Gasteiger charge is 2.22. The number of aromatic nitrogens is 1. The molecule has 0 fully saturated rings. The Morgan fingerprint density at radius 3 is 2.69 bits per heavy atom. The van der Waals surface area contributed by atoms with E-state index in [0.717, 1.165) is 6.42 Å². The molecule has 0 radical (unpaired) electrons. The van der Waals surface area contributed by atoms with Crippen LogP contribution in [0.25, 0.3) is 0 Å². The fraction of sp³-hybridized carbons (Fsp3) is 0.571. The van der Waals surface area contributed by atoms with Gasteiger partial charge in [0, 0.05) is 0 Å². The molecule has 1 unspecified atom stereocenters. The van der Waals surface area contributed by atoms with Crippen molar-refractivity contribution in [2.45, 2.75) is 19.4 Å². The van der Waals surface area contributed by atoms with E-state index in [-0.39, 0.29) is 6.04 Å². The quantitative estimate of drug-likeness (QED) is 0.611. The first-order valence-corrected chi connectivity index (χ1v) is 7.65. The van der Waals surface area contributed by atoms with Gasteiger partial charge in [-0.2, -0.15) is 8.42 Å². The average Bonchev–Trinajstić information content (AvgIpc) is 2.50. The van der Waals surface area contributed by atoms with Crippen molar-refractivity contribution < 1.29 is 8.42 Å². The number of hydrogen-bond donors (Lipinski definition) is 1. The topological polar surface area (TPSA) is 73.1 Å². The van der Waals surface area contributed by atoms with Gasteiger partial charge in [0.25, 0.3) is 0 Å². The van der Waals surface area contributed by atoms with Gasteiger partial charge in [0.15, 0.2) is 5.38 Å². The maximum absolute atomic E-state index is 11.1. The molecule has 74 valence electrons. The standard InChI is InChI=1S/C7H13N2O2S2/c1-3-6(8)7-4-12(5-9-7)13(2,10)11/h4-6H,3,8H2,1-2H3/q+1/t6-,12?/m0/s1. The van der Waals surface area contributed by atoms with E-state index in [1.54, 1.807) is 5.38 Å². The van der Waals surface area contributed by atoms with Gasteiger partial charge in [-0.3, -0.25) is 0 Å². The van der Waals surface area contributed by atoms with Crippen molar-refractivity contribution in [2.75, 3.05) is 6.26 Å². The van der Waals surface area contributed by atoms with Crippen LogP contribution in [0.1, 0.15) is 25.1 Å². The van der Waals surface area contributed by atoms with Crippen molar-refractivity contribution in [3.63, 3.8) is 0 Å². The fourth-order valence-corrected chi connectivity index (χ4v) is 3.36. The van der Waals surface area contributed by atoms with E-state index in [9.17, 15) is 8.42 Å². The molecule has 2 N–H and O–H groups in total. The van der Waals surface area contributed by atoms with Crippen LogP contribution in [-0.2, 0) is 8.87 Å². The molecule has 0 aromatic carbocycles. The second-order valence-electron chi connectivity index (χ2n) is 2.82. The van der Waals surface area contributed by atoms with Gasteiger partial charge in [-0.1, -0.05) is 6.92 Å². The Kier molecular flexibility index (Phi) is 3.05. The molecule has 0 aliphatic carbocycles. The van der Waals surface area contributed by atoms with Crippen LogP contribution in [0.5, 0.6) is 0 Å². The van der Waals surface area contributed by atoms with Crippen molar-refractivity contribution in [1.82, 2.24) is 4.98 Å². The van der Waals surface area contributed by atoms with Crippen LogP contribution in [0, 0.1) is 0 Å². The molecular formula is C7H13N2O2S2+. The Labute approximate surface area is 80.1 Å². The summed E-state index contributed by atoms with van der Waals surface area (Å²) in [4.78, 5) is 4.00. The highest BCUT2D eigenvalue weighted by Crippen LogP contribution is 2.26. The van der Waals surface area contributed by atoms with Gasteiger partial charge in [0.2, 0.25) is 5.51 Å². The van der Waals surface area contributed by atoms with Crippen molar-refractivity contribution in [2.24, 2.45) is 5.73 Å². The first-order valence-electron chi connectivity index (χ1n) is 3.89. The van der Waals surface area contributed by atoms with Gasteiger partial charge < -0.3 is 5.73 Å².